The Morgan fingerprint density at radius 2 is 1.73 bits per heavy atom. The highest BCUT2D eigenvalue weighted by Crippen LogP contribution is 2.60. The van der Waals surface area contributed by atoms with Crippen molar-refractivity contribution >= 4 is 5.78 Å². The van der Waals surface area contributed by atoms with Crippen molar-refractivity contribution in [2.45, 2.75) is 77.8 Å². The van der Waals surface area contributed by atoms with Crippen molar-refractivity contribution in [1.82, 2.24) is 35.0 Å². The van der Waals surface area contributed by atoms with Crippen molar-refractivity contribution < 1.29 is 4.79 Å². The Balaban J connectivity index is 1.20. The molecule has 9 heteroatoms. The Morgan fingerprint density at radius 3 is 2.39 bits per heavy atom. The highest BCUT2D eigenvalue weighted by molar-refractivity contribution is 5.85. The van der Waals surface area contributed by atoms with Crippen LogP contribution in [0.2, 0.25) is 0 Å². The van der Waals surface area contributed by atoms with E-state index in [1.54, 1.807) is 4.57 Å². The zero-order valence-corrected chi connectivity index (χ0v) is 23.6. The van der Waals surface area contributed by atoms with Crippen molar-refractivity contribution in [2.75, 3.05) is 0 Å². The molecule has 2 aromatic heterocycles. The van der Waals surface area contributed by atoms with Crippen molar-refractivity contribution in [2.24, 2.45) is 23.2 Å². The third-order valence-electron chi connectivity index (χ3n) is 9.77. The van der Waals surface area contributed by atoms with E-state index in [1.807, 2.05) is 36.4 Å². The summed E-state index contributed by atoms with van der Waals surface area (Å²) in [6.45, 7) is 2.58. The molecule has 4 saturated carbocycles. The number of rotatable bonds is 10. The van der Waals surface area contributed by atoms with Gasteiger partial charge in [-0.1, -0.05) is 55.8 Å². The lowest BCUT2D eigenvalue weighted by atomic mass is 9.48. The maximum atomic E-state index is 13.8. The summed E-state index contributed by atoms with van der Waals surface area (Å²) in [5.74, 6) is 3.52. The molecule has 0 saturated heterocycles. The largest absolute Gasteiger partial charge is 0.346 e. The first-order chi connectivity index (χ1) is 20.0. The molecule has 0 atom stereocenters. The molecular formula is C32H37N7O2. The summed E-state index contributed by atoms with van der Waals surface area (Å²) in [5.41, 5.74) is 3.38. The molecule has 0 spiro atoms. The van der Waals surface area contributed by atoms with Gasteiger partial charge in [0.25, 0.3) is 0 Å². The Morgan fingerprint density at radius 1 is 1.00 bits per heavy atom. The number of unbranched alkanes of at least 4 members (excludes halogenated alkanes) is 1. The lowest BCUT2D eigenvalue weighted by Crippen LogP contribution is -2.51. The van der Waals surface area contributed by atoms with E-state index in [9.17, 15) is 9.59 Å². The van der Waals surface area contributed by atoms with Gasteiger partial charge in [-0.15, -0.1) is 10.2 Å². The molecule has 4 aliphatic carbocycles. The molecule has 0 unspecified atom stereocenters. The summed E-state index contributed by atoms with van der Waals surface area (Å²) in [5, 5.41) is 19.6. The lowest BCUT2D eigenvalue weighted by Gasteiger charge is -2.55. The molecular weight excluding hydrogens is 514 g/mol. The van der Waals surface area contributed by atoms with Gasteiger partial charge in [-0.2, -0.15) is 10.3 Å². The van der Waals surface area contributed by atoms with Gasteiger partial charge in [0.2, 0.25) is 5.82 Å². The summed E-state index contributed by atoms with van der Waals surface area (Å²) < 4.78 is 3.20. The molecule has 4 bridgehead atoms. The lowest BCUT2D eigenvalue weighted by molar-refractivity contribution is -0.144. The number of nitrogens with zero attached hydrogens (tertiary/aromatic N) is 6. The Kier molecular flexibility index (Phi) is 6.67. The molecule has 4 aliphatic rings. The van der Waals surface area contributed by atoms with Gasteiger partial charge in [-0.3, -0.25) is 9.36 Å². The number of carbonyl (C=O) groups is 1. The number of aryl methyl sites for hydroxylation is 1. The molecule has 0 radical (unpaired) electrons. The van der Waals surface area contributed by atoms with E-state index in [0.717, 1.165) is 60.2 Å². The van der Waals surface area contributed by atoms with Crippen LogP contribution in [-0.4, -0.2) is 40.8 Å². The van der Waals surface area contributed by atoms with Crippen molar-refractivity contribution in [3.63, 3.8) is 0 Å². The maximum Gasteiger partial charge on any atom is 0.346 e. The summed E-state index contributed by atoms with van der Waals surface area (Å²) in [6, 6.07) is 16.2. The number of hydrogen-bond donors (Lipinski definition) is 1. The first kappa shape index (κ1) is 26.0. The van der Waals surface area contributed by atoms with Gasteiger partial charge in [0.15, 0.2) is 5.78 Å². The molecule has 0 aliphatic heterocycles. The number of Topliss-reactive ketones (excluding diaryl/α,β-unsaturated/α-hetero) is 1. The van der Waals surface area contributed by atoms with Gasteiger partial charge in [0, 0.05) is 17.4 Å². The van der Waals surface area contributed by atoms with E-state index in [1.165, 1.54) is 23.9 Å². The van der Waals surface area contributed by atoms with E-state index >= 15 is 0 Å². The third-order valence-corrected chi connectivity index (χ3v) is 9.77. The fraction of sp³-hybridized carbons (Fsp3) is 0.500. The highest BCUT2D eigenvalue weighted by atomic mass is 16.2. The van der Waals surface area contributed by atoms with Crippen LogP contribution in [0.25, 0.3) is 22.5 Å². The highest BCUT2D eigenvalue weighted by Gasteiger charge is 2.54. The van der Waals surface area contributed by atoms with Crippen LogP contribution in [0.5, 0.6) is 0 Å². The Hall–Kier alpha value is -3.88. The van der Waals surface area contributed by atoms with E-state index in [4.69, 9.17) is 5.10 Å². The number of nitrogens with one attached hydrogen (secondary N) is 1. The van der Waals surface area contributed by atoms with E-state index in [0.29, 0.717) is 36.5 Å². The molecule has 9 nitrogen and oxygen atoms in total. The normalized spacial score (nSPS) is 24.7. The molecule has 4 aromatic rings. The maximum absolute atomic E-state index is 13.8. The van der Waals surface area contributed by atoms with E-state index in [-0.39, 0.29) is 23.4 Å². The molecule has 2 aromatic carbocycles. The van der Waals surface area contributed by atoms with E-state index < -0.39 is 0 Å². The van der Waals surface area contributed by atoms with Crippen LogP contribution in [0.15, 0.2) is 53.3 Å². The number of benzene rings is 2. The average molecular weight is 552 g/mol. The summed E-state index contributed by atoms with van der Waals surface area (Å²) in [6.07, 6.45) is 9.50. The second kappa shape index (κ2) is 10.5. The molecule has 4 fully saturated rings. The zero-order valence-electron chi connectivity index (χ0n) is 23.6. The van der Waals surface area contributed by atoms with Gasteiger partial charge in [0.1, 0.15) is 12.4 Å². The molecule has 8 rings (SSSR count). The van der Waals surface area contributed by atoms with Crippen LogP contribution in [-0.2, 0) is 24.3 Å². The van der Waals surface area contributed by atoms with Gasteiger partial charge in [-0.25, -0.2) is 9.48 Å². The number of H-pyrrole nitrogens is 1. The first-order valence-electron chi connectivity index (χ1n) is 15.1. The van der Waals surface area contributed by atoms with Crippen LogP contribution >= 0.6 is 0 Å². The number of tetrazole rings is 1. The van der Waals surface area contributed by atoms with Crippen LogP contribution in [0.4, 0.5) is 0 Å². The van der Waals surface area contributed by atoms with Crippen LogP contribution in [0.1, 0.15) is 69.7 Å². The van der Waals surface area contributed by atoms with Crippen molar-refractivity contribution in [1.29, 1.82) is 0 Å². The smallest absolute Gasteiger partial charge is 0.297 e. The van der Waals surface area contributed by atoms with Gasteiger partial charge in [-0.05, 0) is 90.7 Å². The van der Waals surface area contributed by atoms with Crippen LogP contribution in [0.3, 0.4) is 0 Å². The first-order valence-corrected chi connectivity index (χ1v) is 15.1. The molecule has 0 amide bonds. The minimum atomic E-state index is -0.242. The second-order valence-corrected chi connectivity index (χ2v) is 12.6. The van der Waals surface area contributed by atoms with Crippen molar-refractivity contribution in [3.8, 4) is 22.5 Å². The van der Waals surface area contributed by atoms with Crippen molar-refractivity contribution in [3.05, 3.63) is 70.4 Å². The molecule has 41 heavy (non-hydrogen) atoms. The second-order valence-electron chi connectivity index (χ2n) is 12.6. The summed E-state index contributed by atoms with van der Waals surface area (Å²) >= 11 is 0. The Bertz CT molecular complexity index is 1570. The minimum absolute atomic E-state index is 0.0815. The quantitative estimate of drug-likeness (QED) is 0.295. The third kappa shape index (κ3) is 4.85. The van der Waals surface area contributed by atoms with Gasteiger partial charge >= 0.3 is 5.69 Å². The monoisotopic (exact) mass is 551 g/mol. The number of aromatic nitrogens is 7. The number of hydrogen-bond acceptors (Lipinski definition) is 6. The summed E-state index contributed by atoms with van der Waals surface area (Å²) in [4.78, 5) is 27.6. The minimum Gasteiger partial charge on any atom is -0.297 e. The van der Waals surface area contributed by atoms with Crippen LogP contribution in [0, 0.1) is 23.2 Å². The van der Waals surface area contributed by atoms with E-state index in [2.05, 4.69) is 39.7 Å². The van der Waals surface area contributed by atoms with Gasteiger partial charge < -0.3 is 0 Å². The molecule has 212 valence electrons. The number of carbonyl (C=O) groups excluding carboxylic acids is 1. The standard InChI is InChI=1S/C32H37N7O2/c1-2-3-9-29-35-39(20-28(40)32-16-22-12-23(17-32)14-24(13-22)18-32)31(41)38(29)19-21-10-11-26(25-7-5-4-6-8-25)27(15-21)30-33-36-37-34-30/h4-8,10-11,15,22-24H,2-3,9,12-14,16-20H2,1H3,(H,33,34,36,37). The topological polar surface area (TPSA) is 111 Å². The fourth-order valence-electron chi connectivity index (χ4n) is 8.23. The van der Waals surface area contributed by atoms with Gasteiger partial charge in [0.05, 0.1) is 6.54 Å². The molecule has 1 N–H and O–H groups in total. The molecule has 2 heterocycles. The number of aromatic amines is 1. The fourth-order valence-corrected chi connectivity index (χ4v) is 8.23. The predicted octanol–water partition coefficient (Wildman–Crippen LogP) is 5.07. The number of ketones is 1. The summed E-state index contributed by atoms with van der Waals surface area (Å²) in [7, 11) is 0. The van der Waals surface area contributed by atoms with Crippen LogP contribution < -0.4 is 5.69 Å². The SMILES string of the molecule is CCCCc1nn(CC(=O)C23CC4CC(CC(C4)C2)C3)c(=O)n1Cc1ccc(-c2ccccc2)c(-c2nn[nH]n2)c1. The Labute approximate surface area is 239 Å². The predicted molar refractivity (Wildman–Crippen MR) is 155 cm³/mol. The zero-order chi connectivity index (χ0) is 28.0. The average Bonchev–Trinajstić information content (AvgIpc) is 3.61.